The van der Waals surface area contributed by atoms with Gasteiger partial charge in [0, 0.05) is 10.2 Å². The zero-order valence-corrected chi connectivity index (χ0v) is 9.68. The fraction of sp³-hybridized carbons (Fsp3) is 1.00. The smallest absolute Gasteiger partial charge is 0.332 e. The molecule has 9 heteroatoms. The summed E-state index contributed by atoms with van der Waals surface area (Å²) >= 11 is 0. The number of hydrogen-bond acceptors (Lipinski definition) is 1. The molecule has 0 saturated heterocycles. The Kier molecular flexibility index (Phi) is 4.59. The van der Waals surface area contributed by atoms with E-state index in [4.69, 9.17) is 0 Å². The van der Waals surface area contributed by atoms with Gasteiger partial charge in [0.05, 0.1) is 6.61 Å². The van der Waals surface area contributed by atoms with Crippen LogP contribution in [0.1, 0.15) is 6.42 Å². The third-order valence-corrected chi connectivity index (χ3v) is 2.24. The SMILES string of the molecule is FC(F)(F)C(F)(OCCC[SiH3])C(F)(F)F. The second-order valence-corrected chi connectivity index (χ2v) is 3.79. The fourth-order valence-corrected chi connectivity index (χ4v) is 0.970. The van der Waals surface area contributed by atoms with Crippen molar-refractivity contribution >= 4 is 10.2 Å². The summed E-state index contributed by atoms with van der Waals surface area (Å²) in [5.74, 6) is -5.56. The van der Waals surface area contributed by atoms with Gasteiger partial charge in [-0.1, -0.05) is 6.04 Å². The molecule has 0 aromatic rings. The number of halogens is 7. The van der Waals surface area contributed by atoms with Gasteiger partial charge in [0.2, 0.25) is 0 Å². The minimum Gasteiger partial charge on any atom is -0.332 e. The predicted molar refractivity (Wildman–Crippen MR) is 41.3 cm³/mol. The van der Waals surface area contributed by atoms with Crippen molar-refractivity contribution in [2.45, 2.75) is 30.7 Å². The van der Waals surface area contributed by atoms with Crippen LogP contribution in [0.4, 0.5) is 30.7 Å². The quantitative estimate of drug-likeness (QED) is 0.425. The minimum atomic E-state index is -6.11. The van der Waals surface area contributed by atoms with Gasteiger partial charge >= 0.3 is 18.2 Å². The molecule has 0 unspecified atom stereocenters. The Morgan fingerprint density at radius 3 is 1.53 bits per heavy atom. The lowest BCUT2D eigenvalue weighted by Crippen LogP contribution is -2.55. The highest BCUT2D eigenvalue weighted by Crippen LogP contribution is 2.46. The molecule has 0 N–H and O–H groups in total. The number of hydrogen-bond donors (Lipinski definition) is 0. The van der Waals surface area contributed by atoms with E-state index in [1.807, 2.05) is 0 Å². The van der Waals surface area contributed by atoms with Gasteiger partial charge in [0.15, 0.2) is 0 Å². The Morgan fingerprint density at radius 2 is 1.27 bits per heavy atom. The maximum Gasteiger partial charge on any atom is 0.458 e. The molecule has 0 radical (unpaired) electrons. The summed E-state index contributed by atoms with van der Waals surface area (Å²) in [7, 11) is 0.604. The van der Waals surface area contributed by atoms with Crippen LogP contribution in [0.15, 0.2) is 0 Å². The fourth-order valence-electron chi connectivity index (χ4n) is 0.682. The van der Waals surface area contributed by atoms with E-state index >= 15 is 0 Å². The lowest BCUT2D eigenvalue weighted by molar-refractivity contribution is -0.429. The monoisotopic (exact) mass is 258 g/mol. The van der Waals surface area contributed by atoms with Crippen molar-refractivity contribution in [1.29, 1.82) is 0 Å². The third kappa shape index (κ3) is 3.33. The predicted octanol–water partition coefficient (Wildman–Crippen LogP) is 1.97. The summed E-state index contributed by atoms with van der Waals surface area (Å²) in [5, 5.41) is 0. The number of alkyl halides is 7. The van der Waals surface area contributed by atoms with Crippen LogP contribution in [0.25, 0.3) is 0 Å². The van der Waals surface area contributed by atoms with Crippen LogP contribution in [0, 0.1) is 0 Å². The molecule has 0 aromatic heterocycles. The summed E-state index contributed by atoms with van der Waals surface area (Å²) in [6.45, 7) is -0.904. The Hall–Kier alpha value is -0.313. The minimum absolute atomic E-state index is 0.0238. The lowest BCUT2D eigenvalue weighted by atomic mass is 10.3. The number of rotatable bonds is 4. The average Bonchev–Trinajstić information content (AvgIpc) is 2.00. The van der Waals surface area contributed by atoms with E-state index in [-0.39, 0.29) is 6.42 Å². The van der Waals surface area contributed by atoms with E-state index in [0.29, 0.717) is 16.3 Å². The highest BCUT2D eigenvalue weighted by atomic mass is 28.1. The van der Waals surface area contributed by atoms with Gasteiger partial charge in [0.25, 0.3) is 0 Å². The molecular weight excluding hydrogens is 249 g/mol. The van der Waals surface area contributed by atoms with E-state index < -0.39 is 24.8 Å². The van der Waals surface area contributed by atoms with Crippen LogP contribution >= 0.6 is 0 Å². The molecule has 0 atom stereocenters. The highest BCUT2D eigenvalue weighted by Gasteiger charge is 2.74. The van der Waals surface area contributed by atoms with Crippen LogP contribution in [0.5, 0.6) is 0 Å². The molecule has 0 heterocycles. The van der Waals surface area contributed by atoms with Gasteiger partial charge in [-0.25, -0.2) is 0 Å². The molecule has 0 aliphatic heterocycles. The van der Waals surface area contributed by atoms with Gasteiger partial charge in [-0.2, -0.15) is 30.7 Å². The molecule has 92 valence electrons. The maximum atomic E-state index is 12.7. The standard InChI is InChI=1S/C6H9F7OSi/c7-4(5(8,9)10,6(11,12)13)14-2-1-3-15/h1-3H2,15H3. The molecule has 0 aromatic carbocycles. The molecular formula is C6H9F7OSi. The van der Waals surface area contributed by atoms with Gasteiger partial charge in [-0.3, -0.25) is 0 Å². The summed E-state index contributed by atoms with van der Waals surface area (Å²) in [5.41, 5.74) is 0. The van der Waals surface area contributed by atoms with E-state index in [1.165, 1.54) is 0 Å². The van der Waals surface area contributed by atoms with E-state index in [9.17, 15) is 30.7 Å². The van der Waals surface area contributed by atoms with Crippen LogP contribution < -0.4 is 0 Å². The second-order valence-electron chi connectivity index (χ2n) is 2.79. The Bertz CT molecular complexity index is 185. The Morgan fingerprint density at radius 1 is 0.867 bits per heavy atom. The topological polar surface area (TPSA) is 9.23 Å². The molecule has 0 fully saturated rings. The van der Waals surface area contributed by atoms with Crippen LogP contribution in [0.3, 0.4) is 0 Å². The van der Waals surface area contributed by atoms with Crippen LogP contribution in [-0.4, -0.2) is 35.1 Å². The van der Waals surface area contributed by atoms with Crippen molar-refractivity contribution in [3.05, 3.63) is 0 Å². The second kappa shape index (κ2) is 4.68. The largest absolute Gasteiger partial charge is 0.458 e. The first-order valence-electron chi connectivity index (χ1n) is 4.02. The summed E-state index contributed by atoms with van der Waals surface area (Å²) in [4.78, 5) is 0. The molecule has 0 saturated carbocycles. The van der Waals surface area contributed by atoms with Crippen LogP contribution in [-0.2, 0) is 4.74 Å². The third-order valence-electron chi connectivity index (χ3n) is 1.53. The molecule has 0 rings (SSSR count). The summed E-state index contributed by atoms with van der Waals surface area (Å²) in [6, 6.07) is 0.436. The molecule has 0 aliphatic rings. The molecule has 0 aliphatic carbocycles. The first-order valence-corrected chi connectivity index (χ1v) is 5.44. The van der Waals surface area contributed by atoms with Crippen molar-refractivity contribution in [2.24, 2.45) is 0 Å². The normalized spacial score (nSPS) is 14.6. The molecule has 0 amide bonds. The van der Waals surface area contributed by atoms with E-state index in [2.05, 4.69) is 4.74 Å². The summed E-state index contributed by atoms with van der Waals surface area (Å²) < 4.78 is 86.9. The van der Waals surface area contributed by atoms with Gasteiger partial charge in [0.1, 0.15) is 0 Å². The lowest BCUT2D eigenvalue weighted by Gasteiger charge is -2.29. The zero-order valence-electron chi connectivity index (χ0n) is 7.68. The zero-order chi connectivity index (χ0) is 12.3. The first kappa shape index (κ1) is 14.7. The molecule has 15 heavy (non-hydrogen) atoms. The van der Waals surface area contributed by atoms with Crippen LogP contribution in [0.2, 0.25) is 6.04 Å². The Labute approximate surface area is 84.0 Å². The van der Waals surface area contributed by atoms with Crippen molar-refractivity contribution < 1.29 is 35.5 Å². The molecule has 0 bridgehead atoms. The molecule has 0 spiro atoms. The van der Waals surface area contributed by atoms with Gasteiger partial charge in [-0.05, 0) is 6.42 Å². The van der Waals surface area contributed by atoms with Gasteiger partial charge < -0.3 is 4.74 Å². The highest BCUT2D eigenvalue weighted by molar-refractivity contribution is 6.08. The van der Waals surface area contributed by atoms with Crippen molar-refractivity contribution in [3.63, 3.8) is 0 Å². The van der Waals surface area contributed by atoms with Crippen molar-refractivity contribution in [3.8, 4) is 0 Å². The number of ether oxygens (including phenoxy) is 1. The summed E-state index contributed by atoms with van der Waals surface area (Å²) in [6.07, 6.45) is -12.3. The average molecular weight is 258 g/mol. The van der Waals surface area contributed by atoms with E-state index in [1.54, 1.807) is 0 Å². The molecule has 1 nitrogen and oxygen atoms in total. The van der Waals surface area contributed by atoms with E-state index in [0.717, 1.165) is 0 Å². The van der Waals surface area contributed by atoms with Crippen molar-refractivity contribution in [1.82, 2.24) is 0 Å². The van der Waals surface area contributed by atoms with Gasteiger partial charge in [-0.15, -0.1) is 0 Å². The first-order chi connectivity index (χ1) is 6.56. The maximum absolute atomic E-state index is 12.7. The van der Waals surface area contributed by atoms with Crippen molar-refractivity contribution in [2.75, 3.05) is 6.61 Å². The Balaban J connectivity index is 4.74.